The third-order valence-electron chi connectivity index (χ3n) is 2.05. The number of hydrogen-bond acceptors (Lipinski definition) is 2. The van der Waals surface area contributed by atoms with E-state index >= 15 is 0 Å². The van der Waals surface area contributed by atoms with Crippen LogP contribution in [0.3, 0.4) is 0 Å². The molecule has 0 heterocycles. The molecule has 0 aliphatic rings. The zero-order valence-electron chi connectivity index (χ0n) is 8.59. The van der Waals surface area contributed by atoms with Gasteiger partial charge in [0.25, 0.3) is 0 Å². The molecule has 1 aromatic rings. The Bertz CT molecular complexity index is 352. The molecule has 1 rings (SSSR count). The number of nitrogens with one attached hydrogen (secondary N) is 1. The summed E-state index contributed by atoms with van der Waals surface area (Å²) >= 11 is 0. The molecule has 0 saturated heterocycles. The zero-order valence-corrected chi connectivity index (χ0v) is 8.59. The van der Waals surface area contributed by atoms with Crippen LogP contribution in [0.5, 0.6) is 0 Å². The molecule has 3 nitrogen and oxygen atoms in total. The van der Waals surface area contributed by atoms with Crippen LogP contribution in [-0.4, -0.2) is 17.6 Å². The Kier molecular flexibility index (Phi) is 4.09. The van der Waals surface area contributed by atoms with Gasteiger partial charge in [0.15, 0.2) is 0 Å². The summed E-state index contributed by atoms with van der Waals surface area (Å²) in [5, 5.41) is 11.5. The van der Waals surface area contributed by atoms with Gasteiger partial charge in [-0.15, -0.1) is 0 Å². The minimum atomic E-state index is -0.799. The first-order chi connectivity index (χ1) is 7.09. The fourth-order valence-electron chi connectivity index (χ4n) is 1.23. The molecule has 0 spiro atoms. The van der Waals surface area contributed by atoms with E-state index in [0.717, 1.165) is 5.69 Å². The number of carboxylic acid groups (broad SMARTS) is 1. The Balaban J connectivity index is 2.38. The second-order valence-electron chi connectivity index (χ2n) is 3.39. The van der Waals surface area contributed by atoms with Gasteiger partial charge in [0.1, 0.15) is 5.82 Å². The van der Waals surface area contributed by atoms with Crippen LogP contribution >= 0.6 is 0 Å². The first-order valence-electron chi connectivity index (χ1n) is 4.81. The smallest absolute Gasteiger partial charge is 0.303 e. The number of anilines is 1. The summed E-state index contributed by atoms with van der Waals surface area (Å²) in [6.45, 7) is 2.27. The van der Waals surface area contributed by atoms with Crippen molar-refractivity contribution in [1.82, 2.24) is 0 Å². The van der Waals surface area contributed by atoms with E-state index in [4.69, 9.17) is 5.11 Å². The van der Waals surface area contributed by atoms with E-state index in [2.05, 4.69) is 5.32 Å². The van der Waals surface area contributed by atoms with E-state index in [9.17, 15) is 9.18 Å². The van der Waals surface area contributed by atoms with Gasteiger partial charge in [-0.1, -0.05) is 0 Å². The summed E-state index contributed by atoms with van der Waals surface area (Å²) < 4.78 is 12.9. The van der Waals surface area contributed by atoms with E-state index in [0.29, 0.717) is 18.5 Å². The minimum absolute atomic E-state index is 0.146. The molecule has 0 radical (unpaired) electrons. The van der Waals surface area contributed by atoms with E-state index in [-0.39, 0.29) is 12.2 Å². The molecule has 0 aliphatic heterocycles. The molecular weight excluding hydrogens is 197 g/mol. The lowest BCUT2D eigenvalue weighted by Gasteiger charge is -2.06. The topological polar surface area (TPSA) is 49.3 Å². The molecule has 1 aromatic carbocycles. The zero-order chi connectivity index (χ0) is 11.3. The highest BCUT2D eigenvalue weighted by atomic mass is 19.1. The molecule has 0 bridgehead atoms. The van der Waals surface area contributed by atoms with Gasteiger partial charge in [0.05, 0.1) is 0 Å². The van der Waals surface area contributed by atoms with E-state index in [1.165, 1.54) is 6.07 Å². The molecule has 0 aromatic heterocycles. The normalized spacial score (nSPS) is 10.0. The van der Waals surface area contributed by atoms with Crippen molar-refractivity contribution in [3.8, 4) is 0 Å². The number of carboxylic acids is 1. The van der Waals surface area contributed by atoms with Crippen molar-refractivity contribution in [3.63, 3.8) is 0 Å². The van der Waals surface area contributed by atoms with Gasteiger partial charge in [-0.05, 0) is 37.1 Å². The van der Waals surface area contributed by atoms with Gasteiger partial charge in [-0.25, -0.2) is 4.39 Å². The van der Waals surface area contributed by atoms with Crippen LogP contribution < -0.4 is 5.32 Å². The Morgan fingerprint density at radius 2 is 2.27 bits per heavy atom. The molecule has 0 amide bonds. The molecule has 82 valence electrons. The van der Waals surface area contributed by atoms with Crippen molar-refractivity contribution in [2.45, 2.75) is 19.8 Å². The largest absolute Gasteiger partial charge is 0.481 e. The van der Waals surface area contributed by atoms with Crippen LogP contribution in [0.25, 0.3) is 0 Å². The maximum Gasteiger partial charge on any atom is 0.303 e. The van der Waals surface area contributed by atoms with Crippen LogP contribution in [0.1, 0.15) is 18.4 Å². The fraction of sp³-hybridized carbons (Fsp3) is 0.364. The van der Waals surface area contributed by atoms with Gasteiger partial charge < -0.3 is 10.4 Å². The highest BCUT2D eigenvalue weighted by Gasteiger charge is 1.99. The number of hydrogen-bond donors (Lipinski definition) is 2. The average Bonchev–Trinajstić information content (AvgIpc) is 2.18. The summed E-state index contributed by atoms with van der Waals surface area (Å²) in [6.07, 6.45) is 0.707. The van der Waals surface area contributed by atoms with Crippen molar-refractivity contribution >= 4 is 11.7 Å². The van der Waals surface area contributed by atoms with Crippen molar-refractivity contribution in [3.05, 3.63) is 29.6 Å². The van der Waals surface area contributed by atoms with Crippen molar-refractivity contribution < 1.29 is 14.3 Å². The number of benzene rings is 1. The molecule has 0 fully saturated rings. The fourth-order valence-corrected chi connectivity index (χ4v) is 1.23. The number of rotatable bonds is 5. The molecule has 0 aliphatic carbocycles. The molecular formula is C11H14FNO2. The molecule has 4 heteroatoms. The molecule has 15 heavy (non-hydrogen) atoms. The average molecular weight is 211 g/mol. The maximum absolute atomic E-state index is 12.9. The molecule has 0 unspecified atom stereocenters. The SMILES string of the molecule is Cc1cc(NCCCC(=O)O)ccc1F. The number of aryl methyl sites for hydroxylation is 1. The van der Waals surface area contributed by atoms with Crippen molar-refractivity contribution in [2.75, 3.05) is 11.9 Å². The third kappa shape index (κ3) is 3.97. The summed E-state index contributed by atoms with van der Waals surface area (Å²) in [6, 6.07) is 4.74. The molecule has 0 atom stereocenters. The van der Waals surface area contributed by atoms with Gasteiger partial charge in [0, 0.05) is 18.7 Å². The van der Waals surface area contributed by atoms with E-state index < -0.39 is 5.97 Å². The Morgan fingerprint density at radius 3 is 2.87 bits per heavy atom. The summed E-state index contributed by atoms with van der Waals surface area (Å²) in [5.74, 6) is -1.03. The van der Waals surface area contributed by atoms with Gasteiger partial charge in [-0.3, -0.25) is 4.79 Å². The highest BCUT2D eigenvalue weighted by molar-refractivity contribution is 5.66. The number of halogens is 1. The summed E-state index contributed by atoms with van der Waals surface area (Å²) in [5.41, 5.74) is 1.40. The van der Waals surface area contributed by atoms with Crippen LogP contribution in [0.2, 0.25) is 0 Å². The maximum atomic E-state index is 12.9. The third-order valence-corrected chi connectivity index (χ3v) is 2.05. The van der Waals surface area contributed by atoms with Crippen LogP contribution in [-0.2, 0) is 4.79 Å². The first-order valence-corrected chi connectivity index (χ1v) is 4.81. The predicted octanol–water partition coefficient (Wildman–Crippen LogP) is 2.41. The lowest BCUT2D eigenvalue weighted by atomic mass is 10.2. The number of carbonyl (C=O) groups is 1. The van der Waals surface area contributed by atoms with Crippen molar-refractivity contribution in [1.29, 1.82) is 0 Å². The van der Waals surface area contributed by atoms with Crippen LogP contribution in [0, 0.1) is 12.7 Å². The van der Waals surface area contributed by atoms with Gasteiger partial charge in [0.2, 0.25) is 0 Å². The van der Waals surface area contributed by atoms with E-state index in [1.54, 1.807) is 19.1 Å². The molecule has 0 saturated carbocycles. The first kappa shape index (κ1) is 11.5. The van der Waals surface area contributed by atoms with Crippen molar-refractivity contribution in [2.24, 2.45) is 0 Å². The van der Waals surface area contributed by atoms with Gasteiger partial charge >= 0.3 is 5.97 Å². The van der Waals surface area contributed by atoms with Crippen LogP contribution in [0.15, 0.2) is 18.2 Å². The second kappa shape index (κ2) is 5.34. The van der Waals surface area contributed by atoms with Crippen LogP contribution in [0.4, 0.5) is 10.1 Å². The summed E-state index contributed by atoms with van der Waals surface area (Å²) in [4.78, 5) is 10.2. The predicted molar refractivity (Wildman–Crippen MR) is 56.5 cm³/mol. The van der Waals surface area contributed by atoms with E-state index in [1.807, 2.05) is 0 Å². The Hall–Kier alpha value is -1.58. The van der Waals surface area contributed by atoms with Gasteiger partial charge in [-0.2, -0.15) is 0 Å². The lowest BCUT2D eigenvalue weighted by Crippen LogP contribution is -2.05. The minimum Gasteiger partial charge on any atom is -0.481 e. The Labute approximate surface area is 87.9 Å². The lowest BCUT2D eigenvalue weighted by molar-refractivity contribution is -0.137. The molecule has 2 N–H and O–H groups in total. The second-order valence-corrected chi connectivity index (χ2v) is 3.39. The summed E-state index contributed by atoms with van der Waals surface area (Å²) in [7, 11) is 0. The number of aliphatic carboxylic acids is 1. The standard InChI is InChI=1S/C11H14FNO2/c1-8-7-9(4-5-10(8)12)13-6-2-3-11(14)15/h4-5,7,13H,2-3,6H2,1H3,(H,14,15). The quantitative estimate of drug-likeness (QED) is 0.735. The highest BCUT2D eigenvalue weighted by Crippen LogP contribution is 2.13. The monoisotopic (exact) mass is 211 g/mol. The Morgan fingerprint density at radius 1 is 1.53 bits per heavy atom.